The number of aromatic nitrogens is 2. The summed E-state index contributed by atoms with van der Waals surface area (Å²) < 4.78 is 4.75. The summed E-state index contributed by atoms with van der Waals surface area (Å²) in [5.41, 5.74) is 2.16. The van der Waals surface area contributed by atoms with Crippen molar-refractivity contribution < 1.29 is 14.3 Å². The van der Waals surface area contributed by atoms with Crippen LogP contribution in [-0.4, -0.2) is 35.0 Å². The fraction of sp³-hybridized carbons (Fsp3) is 0.375. The molecule has 6 nitrogen and oxygen atoms in total. The number of carbonyl (C=O) groups excluding carboxylic acids is 2. The van der Waals surface area contributed by atoms with E-state index in [1.807, 2.05) is 24.3 Å². The molecule has 1 amide bonds. The van der Waals surface area contributed by atoms with Crippen LogP contribution in [0.15, 0.2) is 30.5 Å². The Morgan fingerprint density at radius 1 is 1.23 bits per heavy atom. The second kappa shape index (κ2) is 6.98. The van der Waals surface area contributed by atoms with Gasteiger partial charge in [0.05, 0.1) is 23.8 Å². The van der Waals surface area contributed by atoms with Crippen LogP contribution in [0.25, 0.3) is 11.0 Å². The number of hydrogen-bond acceptors (Lipinski definition) is 5. The summed E-state index contributed by atoms with van der Waals surface area (Å²) in [6.45, 7) is 3.53. The van der Waals surface area contributed by atoms with Gasteiger partial charge in [0.25, 0.3) is 0 Å². The average molecular weight is 301 g/mol. The zero-order valence-corrected chi connectivity index (χ0v) is 12.9. The maximum atomic E-state index is 11.9. The molecule has 0 spiro atoms. The molecule has 1 N–H and O–H groups in total. The van der Waals surface area contributed by atoms with Crippen LogP contribution >= 0.6 is 0 Å². The van der Waals surface area contributed by atoms with Crippen LogP contribution in [0.5, 0.6) is 0 Å². The number of fused-ring (bicyclic) bond motifs is 1. The van der Waals surface area contributed by atoms with Gasteiger partial charge in [0, 0.05) is 18.5 Å². The minimum absolute atomic E-state index is 0.204. The minimum Gasteiger partial charge on any atom is -0.467 e. The summed E-state index contributed by atoms with van der Waals surface area (Å²) in [4.78, 5) is 32.4. The predicted octanol–water partition coefficient (Wildman–Crippen LogP) is 1.49. The van der Waals surface area contributed by atoms with E-state index >= 15 is 0 Å². The molecule has 0 saturated carbocycles. The SMILES string of the molecule is COC(=O)[C@@H](Cc1cnc2ccccc2n1)NC(=O)C(C)C. The number of methoxy groups -OCH3 is 1. The molecule has 2 rings (SSSR count). The van der Waals surface area contributed by atoms with Crippen molar-refractivity contribution in [2.45, 2.75) is 26.3 Å². The molecule has 0 aliphatic rings. The summed E-state index contributed by atoms with van der Waals surface area (Å²) in [6.07, 6.45) is 1.85. The summed E-state index contributed by atoms with van der Waals surface area (Å²) in [5, 5.41) is 2.68. The molecule has 1 aromatic heterocycles. The Bertz CT molecular complexity index is 685. The summed E-state index contributed by atoms with van der Waals surface area (Å²) in [6, 6.07) is 6.71. The summed E-state index contributed by atoms with van der Waals surface area (Å²) in [5.74, 6) is -0.914. The molecule has 0 aliphatic heterocycles. The first-order valence-corrected chi connectivity index (χ1v) is 7.10. The van der Waals surface area contributed by atoms with Gasteiger partial charge in [0.15, 0.2) is 0 Å². The highest BCUT2D eigenvalue weighted by molar-refractivity contribution is 5.85. The normalized spacial score (nSPS) is 12.2. The second-order valence-corrected chi connectivity index (χ2v) is 5.29. The Kier molecular flexibility index (Phi) is 5.04. The number of nitrogens with zero attached hydrogens (tertiary/aromatic N) is 2. The van der Waals surface area contributed by atoms with Crippen molar-refractivity contribution in [2.75, 3.05) is 7.11 Å². The van der Waals surface area contributed by atoms with Gasteiger partial charge in [0.2, 0.25) is 5.91 Å². The van der Waals surface area contributed by atoms with Crippen molar-refractivity contribution in [3.8, 4) is 0 Å². The number of benzene rings is 1. The van der Waals surface area contributed by atoms with E-state index in [0.717, 1.165) is 11.0 Å². The van der Waals surface area contributed by atoms with Crippen molar-refractivity contribution >= 4 is 22.9 Å². The largest absolute Gasteiger partial charge is 0.467 e. The van der Waals surface area contributed by atoms with Gasteiger partial charge in [-0.05, 0) is 12.1 Å². The monoisotopic (exact) mass is 301 g/mol. The number of carbonyl (C=O) groups is 2. The fourth-order valence-electron chi connectivity index (χ4n) is 1.98. The molecule has 1 heterocycles. The number of para-hydroxylation sites is 2. The molecule has 6 heteroatoms. The lowest BCUT2D eigenvalue weighted by atomic mass is 10.1. The minimum atomic E-state index is -0.768. The number of nitrogens with one attached hydrogen (secondary N) is 1. The van der Waals surface area contributed by atoms with Gasteiger partial charge < -0.3 is 10.1 Å². The Labute approximate surface area is 128 Å². The first-order valence-electron chi connectivity index (χ1n) is 7.10. The van der Waals surface area contributed by atoms with Crippen molar-refractivity contribution in [3.63, 3.8) is 0 Å². The van der Waals surface area contributed by atoms with Crippen molar-refractivity contribution in [3.05, 3.63) is 36.2 Å². The highest BCUT2D eigenvalue weighted by Gasteiger charge is 2.23. The van der Waals surface area contributed by atoms with E-state index in [9.17, 15) is 9.59 Å². The number of esters is 1. The molecule has 0 unspecified atom stereocenters. The topological polar surface area (TPSA) is 81.2 Å². The van der Waals surface area contributed by atoms with Gasteiger partial charge in [-0.2, -0.15) is 0 Å². The molecule has 1 atom stereocenters. The van der Waals surface area contributed by atoms with E-state index in [2.05, 4.69) is 15.3 Å². The molecular formula is C16H19N3O3. The lowest BCUT2D eigenvalue weighted by Gasteiger charge is -2.17. The summed E-state index contributed by atoms with van der Waals surface area (Å²) in [7, 11) is 1.29. The third-order valence-corrected chi connectivity index (χ3v) is 3.24. The number of amides is 1. The second-order valence-electron chi connectivity index (χ2n) is 5.29. The van der Waals surface area contributed by atoms with E-state index < -0.39 is 12.0 Å². The maximum absolute atomic E-state index is 11.9. The molecule has 116 valence electrons. The molecule has 22 heavy (non-hydrogen) atoms. The van der Waals surface area contributed by atoms with Crippen LogP contribution in [-0.2, 0) is 20.7 Å². The van der Waals surface area contributed by atoms with E-state index in [0.29, 0.717) is 5.69 Å². The lowest BCUT2D eigenvalue weighted by Crippen LogP contribution is -2.44. The van der Waals surface area contributed by atoms with E-state index in [1.165, 1.54) is 7.11 Å². The molecule has 2 aromatic rings. The van der Waals surface area contributed by atoms with Crippen molar-refractivity contribution in [1.29, 1.82) is 0 Å². The predicted molar refractivity (Wildman–Crippen MR) is 82.0 cm³/mol. The first-order chi connectivity index (χ1) is 10.5. The van der Waals surface area contributed by atoms with Gasteiger partial charge in [-0.15, -0.1) is 0 Å². The van der Waals surface area contributed by atoms with Crippen LogP contribution in [0, 0.1) is 5.92 Å². The Hall–Kier alpha value is -2.50. The molecule has 0 saturated heterocycles. The molecule has 0 fully saturated rings. The first kappa shape index (κ1) is 15.9. The van der Waals surface area contributed by atoms with Crippen molar-refractivity contribution in [2.24, 2.45) is 5.92 Å². The van der Waals surface area contributed by atoms with Crippen LogP contribution in [0.4, 0.5) is 0 Å². The smallest absolute Gasteiger partial charge is 0.328 e. The van der Waals surface area contributed by atoms with E-state index in [4.69, 9.17) is 4.74 Å². The standard InChI is InChI=1S/C16H19N3O3/c1-10(2)15(20)19-14(16(21)22-3)8-11-9-17-12-6-4-5-7-13(12)18-11/h4-7,9-10,14H,8H2,1-3H3,(H,19,20)/t14-/m1/s1. The van der Waals surface area contributed by atoms with Crippen LogP contribution in [0.1, 0.15) is 19.5 Å². The number of rotatable bonds is 5. The van der Waals surface area contributed by atoms with Crippen LogP contribution in [0.3, 0.4) is 0 Å². The van der Waals surface area contributed by atoms with Gasteiger partial charge in [-0.25, -0.2) is 9.78 Å². The number of ether oxygens (including phenoxy) is 1. The van der Waals surface area contributed by atoms with Gasteiger partial charge in [-0.3, -0.25) is 9.78 Å². The third-order valence-electron chi connectivity index (χ3n) is 3.24. The van der Waals surface area contributed by atoms with Crippen LogP contribution < -0.4 is 5.32 Å². The third kappa shape index (κ3) is 3.78. The zero-order valence-electron chi connectivity index (χ0n) is 12.9. The lowest BCUT2D eigenvalue weighted by molar-refractivity contribution is -0.145. The quantitative estimate of drug-likeness (QED) is 0.846. The zero-order chi connectivity index (χ0) is 16.1. The van der Waals surface area contributed by atoms with E-state index in [-0.39, 0.29) is 18.2 Å². The molecule has 0 bridgehead atoms. The maximum Gasteiger partial charge on any atom is 0.328 e. The molecule has 0 aliphatic carbocycles. The molecule has 1 aromatic carbocycles. The Morgan fingerprint density at radius 2 is 1.91 bits per heavy atom. The van der Waals surface area contributed by atoms with E-state index in [1.54, 1.807) is 20.0 Å². The highest BCUT2D eigenvalue weighted by Crippen LogP contribution is 2.10. The molecule has 0 radical (unpaired) electrons. The average Bonchev–Trinajstić information content (AvgIpc) is 2.53. The van der Waals surface area contributed by atoms with Crippen LogP contribution in [0.2, 0.25) is 0 Å². The van der Waals surface area contributed by atoms with Gasteiger partial charge in [-0.1, -0.05) is 26.0 Å². The fourth-order valence-corrected chi connectivity index (χ4v) is 1.98. The Balaban J connectivity index is 2.20. The Morgan fingerprint density at radius 3 is 2.55 bits per heavy atom. The molecular weight excluding hydrogens is 282 g/mol. The summed E-state index contributed by atoms with van der Waals surface area (Å²) >= 11 is 0. The van der Waals surface area contributed by atoms with Crippen molar-refractivity contribution in [1.82, 2.24) is 15.3 Å². The number of hydrogen-bond donors (Lipinski definition) is 1. The highest BCUT2D eigenvalue weighted by atomic mass is 16.5. The van der Waals surface area contributed by atoms with Gasteiger partial charge >= 0.3 is 5.97 Å². The van der Waals surface area contributed by atoms with Gasteiger partial charge in [0.1, 0.15) is 6.04 Å².